The van der Waals surface area contributed by atoms with Gasteiger partial charge in [-0.05, 0) is 43.2 Å². The number of para-hydroxylation sites is 1. The van der Waals surface area contributed by atoms with E-state index >= 15 is 0 Å². The third-order valence-electron chi connectivity index (χ3n) is 5.93. The molecule has 1 fully saturated rings. The van der Waals surface area contributed by atoms with Gasteiger partial charge in [-0.3, -0.25) is 9.59 Å². The zero-order chi connectivity index (χ0) is 22.7. The fraction of sp³-hybridized carbons (Fsp3) is 0.360. The van der Waals surface area contributed by atoms with E-state index in [1.807, 2.05) is 55.5 Å². The van der Waals surface area contributed by atoms with Gasteiger partial charge in [-0.25, -0.2) is 0 Å². The highest BCUT2D eigenvalue weighted by Gasteiger charge is 2.34. The number of hydrogen-bond acceptors (Lipinski definition) is 5. The molecular weight excluding hydrogens is 408 g/mol. The van der Waals surface area contributed by atoms with Crippen LogP contribution >= 0.6 is 0 Å². The fourth-order valence-electron chi connectivity index (χ4n) is 4.08. The smallest absolute Gasteiger partial charge is 0.226 e. The maximum atomic E-state index is 12.8. The number of likely N-dealkylation sites (tertiary alicyclic amines) is 1. The number of fused-ring (bicyclic) bond motifs is 1. The van der Waals surface area contributed by atoms with Crippen molar-refractivity contribution in [3.05, 3.63) is 59.9 Å². The van der Waals surface area contributed by atoms with Gasteiger partial charge in [0.05, 0.1) is 26.2 Å². The lowest BCUT2D eigenvalue weighted by molar-refractivity contribution is -0.129. The minimum atomic E-state index is -0.361. The molecule has 1 aromatic heterocycles. The third-order valence-corrected chi connectivity index (χ3v) is 5.93. The maximum Gasteiger partial charge on any atom is 0.226 e. The second-order valence-corrected chi connectivity index (χ2v) is 8.10. The molecule has 1 N–H and O–H groups in total. The number of nitrogens with one attached hydrogen (secondary N) is 1. The standard InChI is InChI=1S/C25H28N2O5/c1-16(22-13-18-6-4-5-7-20(18)32-22)26-25(29)19-14-24(28)27(15-19)11-10-17-8-9-21(30-2)23(12-17)31-3/h4-9,12-13,16,19H,10-11,14-15H2,1-3H3,(H,26,29). The molecule has 1 aliphatic heterocycles. The molecule has 0 spiro atoms. The number of benzene rings is 2. The number of amides is 2. The van der Waals surface area contributed by atoms with E-state index in [4.69, 9.17) is 13.9 Å². The summed E-state index contributed by atoms with van der Waals surface area (Å²) in [5.41, 5.74) is 1.84. The second kappa shape index (κ2) is 9.34. The largest absolute Gasteiger partial charge is 0.493 e. The first kappa shape index (κ1) is 21.7. The minimum absolute atomic E-state index is 0.00187. The first-order chi connectivity index (χ1) is 15.5. The number of rotatable bonds is 8. The molecule has 7 nitrogen and oxygen atoms in total. The van der Waals surface area contributed by atoms with Crippen LogP contribution in [0.2, 0.25) is 0 Å². The van der Waals surface area contributed by atoms with Crippen LogP contribution in [-0.4, -0.2) is 44.0 Å². The number of carbonyl (C=O) groups excluding carboxylic acids is 2. The highest BCUT2D eigenvalue weighted by molar-refractivity contribution is 5.89. The molecule has 0 aliphatic carbocycles. The van der Waals surface area contributed by atoms with E-state index in [1.165, 1.54) is 0 Å². The van der Waals surface area contributed by atoms with Crippen LogP contribution < -0.4 is 14.8 Å². The lowest BCUT2D eigenvalue weighted by atomic mass is 10.1. The summed E-state index contributed by atoms with van der Waals surface area (Å²) in [4.78, 5) is 27.0. The molecule has 2 aromatic carbocycles. The number of methoxy groups -OCH3 is 2. The Balaban J connectivity index is 1.33. The van der Waals surface area contributed by atoms with Gasteiger partial charge in [-0.15, -0.1) is 0 Å². The lowest BCUT2D eigenvalue weighted by Gasteiger charge is -2.18. The Morgan fingerprint density at radius 3 is 2.69 bits per heavy atom. The van der Waals surface area contributed by atoms with Gasteiger partial charge in [0.15, 0.2) is 11.5 Å². The Morgan fingerprint density at radius 1 is 1.16 bits per heavy atom. The highest BCUT2D eigenvalue weighted by atomic mass is 16.5. The Hall–Kier alpha value is -3.48. The average molecular weight is 437 g/mol. The first-order valence-electron chi connectivity index (χ1n) is 10.8. The summed E-state index contributed by atoms with van der Waals surface area (Å²) in [7, 11) is 3.20. The van der Waals surface area contributed by atoms with Crippen molar-refractivity contribution >= 4 is 22.8 Å². The third kappa shape index (κ3) is 4.56. The van der Waals surface area contributed by atoms with Crippen LogP contribution in [0.3, 0.4) is 0 Å². The van der Waals surface area contributed by atoms with Crippen LogP contribution in [0.15, 0.2) is 52.9 Å². The van der Waals surface area contributed by atoms with Crippen molar-refractivity contribution in [3.8, 4) is 11.5 Å². The molecule has 2 heterocycles. The Morgan fingerprint density at radius 2 is 1.94 bits per heavy atom. The van der Waals surface area contributed by atoms with Gasteiger partial charge in [0.2, 0.25) is 11.8 Å². The SMILES string of the molecule is COc1ccc(CCN2CC(C(=O)NC(C)c3cc4ccccc4o3)CC2=O)cc1OC. The van der Waals surface area contributed by atoms with Crippen molar-refractivity contribution in [1.29, 1.82) is 0 Å². The van der Waals surface area contributed by atoms with Gasteiger partial charge in [-0.1, -0.05) is 24.3 Å². The number of carbonyl (C=O) groups is 2. The molecule has 4 rings (SSSR count). The lowest BCUT2D eigenvalue weighted by Crippen LogP contribution is -2.34. The summed E-state index contributed by atoms with van der Waals surface area (Å²) < 4.78 is 16.5. The second-order valence-electron chi connectivity index (χ2n) is 8.10. The number of nitrogens with zero attached hydrogens (tertiary/aromatic N) is 1. The normalized spacial score (nSPS) is 16.9. The summed E-state index contributed by atoms with van der Waals surface area (Å²) in [5.74, 6) is 1.55. The first-order valence-corrected chi connectivity index (χ1v) is 10.8. The van der Waals surface area contributed by atoms with Crippen molar-refractivity contribution < 1.29 is 23.5 Å². The van der Waals surface area contributed by atoms with Crippen molar-refractivity contribution in [2.75, 3.05) is 27.3 Å². The number of ether oxygens (including phenoxy) is 2. The summed E-state index contributed by atoms with van der Waals surface area (Å²) in [6, 6.07) is 15.1. The predicted octanol–water partition coefficient (Wildman–Crippen LogP) is 3.72. The van der Waals surface area contributed by atoms with Gasteiger partial charge >= 0.3 is 0 Å². The zero-order valence-corrected chi connectivity index (χ0v) is 18.6. The molecule has 2 amide bonds. The topological polar surface area (TPSA) is 81.0 Å². The van der Waals surface area contributed by atoms with Gasteiger partial charge in [0.25, 0.3) is 0 Å². The summed E-state index contributed by atoms with van der Waals surface area (Å²) in [6.07, 6.45) is 0.903. The Bertz CT molecular complexity index is 1090. The Labute approximate surface area is 187 Å². The minimum Gasteiger partial charge on any atom is -0.493 e. The van der Waals surface area contributed by atoms with E-state index < -0.39 is 0 Å². The van der Waals surface area contributed by atoms with Crippen molar-refractivity contribution in [2.45, 2.75) is 25.8 Å². The molecule has 0 saturated carbocycles. The zero-order valence-electron chi connectivity index (χ0n) is 18.6. The highest BCUT2D eigenvalue weighted by Crippen LogP contribution is 2.28. The van der Waals surface area contributed by atoms with Gasteiger partial charge < -0.3 is 24.1 Å². The van der Waals surface area contributed by atoms with Crippen LogP contribution in [-0.2, 0) is 16.0 Å². The van der Waals surface area contributed by atoms with E-state index in [0.29, 0.717) is 36.8 Å². The summed E-state index contributed by atoms with van der Waals surface area (Å²) in [5, 5.41) is 4.00. The molecule has 1 aliphatic rings. The predicted molar refractivity (Wildman–Crippen MR) is 121 cm³/mol. The van der Waals surface area contributed by atoms with E-state index in [9.17, 15) is 9.59 Å². The molecular formula is C25H28N2O5. The molecule has 2 unspecified atom stereocenters. The quantitative estimate of drug-likeness (QED) is 0.582. The Kier molecular flexibility index (Phi) is 6.35. The maximum absolute atomic E-state index is 12.8. The van der Waals surface area contributed by atoms with Crippen LogP contribution in [0, 0.1) is 5.92 Å². The van der Waals surface area contributed by atoms with Crippen LogP contribution in [0.5, 0.6) is 11.5 Å². The van der Waals surface area contributed by atoms with Crippen molar-refractivity contribution in [1.82, 2.24) is 10.2 Å². The van der Waals surface area contributed by atoms with Crippen LogP contribution in [0.1, 0.15) is 30.7 Å². The van der Waals surface area contributed by atoms with E-state index in [2.05, 4.69) is 5.32 Å². The van der Waals surface area contributed by atoms with Gasteiger partial charge in [0, 0.05) is 24.9 Å². The molecule has 0 radical (unpaired) electrons. The number of hydrogen-bond donors (Lipinski definition) is 1. The molecule has 3 aromatic rings. The summed E-state index contributed by atoms with van der Waals surface area (Å²) >= 11 is 0. The fourth-order valence-corrected chi connectivity index (χ4v) is 4.08. The molecule has 0 bridgehead atoms. The monoisotopic (exact) mass is 436 g/mol. The van der Waals surface area contributed by atoms with Gasteiger partial charge in [-0.2, -0.15) is 0 Å². The van der Waals surface area contributed by atoms with Crippen molar-refractivity contribution in [3.63, 3.8) is 0 Å². The molecule has 7 heteroatoms. The van der Waals surface area contributed by atoms with Crippen LogP contribution in [0.25, 0.3) is 11.0 Å². The van der Waals surface area contributed by atoms with Crippen molar-refractivity contribution in [2.24, 2.45) is 5.92 Å². The van der Waals surface area contributed by atoms with Crippen LogP contribution in [0.4, 0.5) is 0 Å². The molecule has 2 atom stereocenters. The molecule has 1 saturated heterocycles. The van der Waals surface area contributed by atoms with E-state index in [-0.39, 0.29) is 30.2 Å². The number of furan rings is 1. The van der Waals surface area contributed by atoms with E-state index in [0.717, 1.165) is 16.5 Å². The summed E-state index contributed by atoms with van der Waals surface area (Å²) in [6.45, 7) is 2.86. The molecule has 32 heavy (non-hydrogen) atoms. The van der Waals surface area contributed by atoms with E-state index in [1.54, 1.807) is 19.1 Å². The molecule has 168 valence electrons. The average Bonchev–Trinajstić information content (AvgIpc) is 3.41. The van der Waals surface area contributed by atoms with Gasteiger partial charge in [0.1, 0.15) is 11.3 Å².